The highest BCUT2D eigenvalue weighted by Crippen LogP contribution is 2.23. The molecule has 4 rings (SSSR count). The summed E-state index contributed by atoms with van der Waals surface area (Å²) in [6.45, 7) is 1.54. The van der Waals surface area contributed by atoms with Gasteiger partial charge in [0.25, 0.3) is 0 Å². The van der Waals surface area contributed by atoms with E-state index in [0.717, 1.165) is 17.9 Å². The standard InChI is InChI=1S/C24H24FN3O4S/c25-19-6-12-23(13-7-19)33(30,31)28-16-14-27(15-17-28)18-24(29)26-20-8-10-22(11-9-20)32-21-4-2-1-3-5-21/h1-13H,14-18H2,(H,26,29). The Labute approximate surface area is 192 Å². The highest BCUT2D eigenvalue weighted by Gasteiger charge is 2.29. The van der Waals surface area contributed by atoms with Crippen LogP contribution in [-0.2, 0) is 14.8 Å². The van der Waals surface area contributed by atoms with Crippen LogP contribution in [-0.4, -0.2) is 56.3 Å². The zero-order chi connectivity index (χ0) is 23.3. The molecule has 0 aliphatic carbocycles. The number of ether oxygens (including phenoxy) is 1. The number of hydrogen-bond donors (Lipinski definition) is 1. The lowest BCUT2D eigenvalue weighted by molar-refractivity contribution is -0.117. The van der Waals surface area contributed by atoms with Gasteiger partial charge >= 0.3 is 0 Å². The van der Waals surface area contributed by atoms with Gasteiger partial charge in [-0.1, -0.05) is 18.2 Å². The van der Waals surface area contributed by atoms with Crippen LogP contribution in [0.5, 0.6) is 11.5 Å². The first-order valence-corrected chi connectivity index (χ1v) is 11.9. The van der Waals surface area contributed by atoms with Gasteiger partial charge in [-0.25, -0.2) is 12.8 Å². The van der Waals surface area contributed by atoms with Crippen molar-refractivity contribution in [3.63, 3.8) is 0 Å². The van der Waals surface area contributed by atoms with Crippen LogP contribution in [0.25, 0.3) is 0 Å². The largest absolute Gasteiger partial charge is 0.457 e. The monoisotopic (exact) mass is 469 g/mol. The van der Waals surface area contributed by atoms with Crippen LogP contribution >= 0.6 is 0 Å². The van der Waals surface area contributed by atoms with Crippen LogP contribution in [0.3, 0.4) is 0 Å². The maximum atomic E-state index is 13.1. The number of para-hydroxylation sites is 1. The number of nitrogens with zero attached hydrogens (tertiary/aromatic N) is 2. The van der Waals surface area contributed by atoms with Gasteiger partial charge in [0.05, 0.1) is 11.4 Å². The van der Waals surface area contributed by atoms with Crippen LogP contribution < -0.4 is 10.1 Å². The Hall–Kier alpha value is -3.27. The van der Waals surface area contributed by atoms with Crippen LogP contribution in [0, 0.1) is 5.82 Å². The Morgan fingerprint density at radius 2 is 1.45 bits per heavy atom. The van der Waals surface area contributed by atoms with E-state index in [1.807, 2.05) is 35.2 Å². The summed E-state index contributed by atoms with van der Waals surface area (Å²) < 4.78 is 45.6. The van der Waals surface area contributed by atoms with E-state index in [1.54, 1.807) is 24.3 Å². The van der Waals surface area contributed by atoms with Gasteiger partial charge in [-0.05, 0) is 60.7 Å². The van der Waals surface area contributed by atoms with Crippen molar-refractivity contribution >= 4 is 21.6 Å². The number of amides is 1. The molecule has 1 N–H and O–H groups in total. The zero-order valence-electron chi connectivity index (χ0n) is 17.9. The molecular weight excluding hydrogens is 445 g/mol. The third-order valence-corrected chi connectivity index (χ3v) is 7.18. The van der Waals surface area contributed by atoms with E-state index in [-0.39, 0.29) is 30.4 Å². The van der Waals surface area contributed by atoms with Gasteiger partial charge in [0, 0.05) is 31.9 Å². The zero-order valence-corrected chi connectivity index (χ0v) is 18.7. The molecule has 1 aliphatic heterocycles. The first-order valence-electron chi connectivity index (χ1n) is 10.5. The number of carbonyl (C=O) groups is 1. The Morgan fingerprint density at radius 1 is 0.848 bits per heavy atom. The molecule has 0 aromatic heterocycles. The summed E-state index contributed by atoms with van der Waals surface area (Å²) in [5.74, 6) is 0.734. The summed E-state index contributed by atoms with van der Waals surface area (Å²) in [7, 11) is -3.68. The Balaban J connectivity index is 1.26. The summed E-state index contributed by atoms with van der Waals surface area (Å²) >= 11 is 0. The van der Waals surface area contributed by atoms with Gasteiger partial charge in [0.1, 0.15) is 17.3 Å². The van der Waals surface area contributed by atoms with Crippen molar-refractivity contribution in [2.45, 2.75) is 4.90 Å². The van der Waals surface area contributed by atoms with Crippen molar-refractivity contribution < 1.29 is 22.3 Å². The van der Waals surface area contributed by atoms with Crippen LogP contribution in [0.2, 0.25) is 0 Å². The van der Waals surface area contributed by atoms with Crippen LogP contribution in [0.4, 0.5) is 10.1 Å². The molecule has 1 saturated heterocycles. The number of nitrogens with one attached hydrogen (secondary N) is 1. The summed E-state index contributed by atoms with van der Waals surface area (Å²) in [6, 6.07) is 21.3. The summed E-state index contributed by atoms with van der Waals surface area (Å²) in [5.41, 5.74) is 0.651. The number of sulfonamides is 1. The average Bonchev–Trinajstić information content (AvgIpc) is 2.82. The van der Waals surface area contributed by atoms with E-state index >= 15 is 0 Å². The second-order valence-corrected chi connectivity index (χ2v) is 9.56. The fourth-order valence-corrected chi connectivity index (χ4v) is 4.94. The number of benzene rings is 3. The molecule has 9 heteroatoms. The van der Waals surface area contributed by atoms with Crippen molar-refractivity contribution in [2.75, 3.05) is 38.0 Å². The minimum Gasteiger partial charge on any atom is -0.457 e. The molecule has 3 aromatic carbocycles. The van der Waals surface area contributed by atoms with Crippen molar-refractivity contribution in [3.05, 3.63) is 84.7 Å². The number of halogens is 1. The first-order chi connectivity index (χ1) is 15.9. The molecule has 0 unspecified atom stereocenters. The van der Waals surface area contributed by atoms with Crippen molar-refractivity contribution in [2.24, 2.45) is 0 Å². The summed E-state index contributed by atoms with van der Waals surface area (Å²) in [6.07, 6.45) is 0. The van der Waals surface area contributed by atoms with E-state index in [0.29, 0.717) is 24.5 Å². The fraction of sp³-hybridized carbons (Fsp3) is 0.208. The van der Waals surface area contributed by atoms with Gasteiger partial charge < -0.3 is 10.1 Å². The third kappa shape index (κ3) is 5.95. The lowest BCUT2D eigenvalue weighted by Crippen LogP contribution is -2.50. The smallest absolute Gasteiger partial charge is 0.243 e. The third-order valence-electron chi connectivity index (χ3n) is 5.27. The molecule has 0 radical (unpaired) electrons. The second kappa shape index (κ2) is 10.1. The molecule has 0 spiro atoms. The molecule has 172 valence electrons. The second-order valence-electron chi connectivity index (χ2n) is 7.62. The molecule has 1 aliphatic rings. The van der Waals surface area contributed by atoms with E-state index in [4.69, 9.17) is 4.74 Å². The predicted molar refractivity (Wildman–Crippen MR) is 123 cm³/mol. The molecule has 1 heterocycles. The van der Waals surface area contributed by atoms with Gasteiger partial charge in [0.15, 0.2) is 0 Å². The highest BCUT2D eigenvalue weighted by atomic mass is 32.2. The number of rotatable bonds is 7. The molecule has 0 atom stereocenters. The molecule has 33 heavy (non-hydrogen) atoms. The topological polar surface area (TPSA) is 79.0 Å². The minimum absolute atomic E-state index is 0.0646. The van der Waals surface area contributed by atoms with Crippen molar-refractivity contribution in [3.8, 4) is 11.5 Å². The molecule has 1 amide bonds. The number of piperazine rings is 1. The molecule has 1 fully saturated rings. The Kier molecular flexibility index (Phi) is 7.02. The predicted octanol–water partition coefficient (Wildman–Crippen LogP) is 3.56. The molecular formula is C24H24FN3O4S. The average molecular weight is 470 g/mol. The molecule has 3 aromatic rings. The maximum absolute atomic E-state index is 13.1. The van der Waals surface area contributed by atoms with Crippen LogP contribution in [0.15, 0.2) is 83.8 Å². The van der Waals surface area contributed by atoms with E-state index in [2.05, 4.69) is 5.32 Å². The van der Waals surface area contributed by atoms with E-state index in [1.165, 1.54) is 16.4 Å². The van der Waals surface area contributed by atoms with Gasteiger partial charge in [-0.15, -0.1) is 0 Å². The maximum Gasteiger partial charge on any atom is 0.243 e. The summed E-state index contributed by atoms with van der Waals surface area (Å²) in [4.78, 5) is 14.4. The highest BCUT2D eigenvalue weighted by molar-refractivity contribution is 7.89. The van der Waals surface area contributed by atoms with Crippen molar-refractivity contribution in [1.29, 1.82) is 0 Å². The molecule has 7 nitrogen and oxygen atoms in total. The quantitative estimate of drug-likeness (QED) is 0.573. The van der Waals surface area contributed by atoms with E-state index < -0.39 is 15.8 Å². The van der Waals surface area contributed by atoms with Crippen molar-refractivity contribution in [1.82, 2.24) is 9.21 Å². The van der Waals surface area contributed by atoms with E-state index in [9.17, 15) is 17.6 Å². The van der Waals surface area contributed by atoms with Gasteiger partial charge in [-0.2, -0.15) is 4.31 Å². The fourth-order valence-electron chi connectivity index (χ4n) is 3.52. The number of anilines is 1. The SMILES string of the molecule is O=C(CN1CCN(S(=O)(=O)c2ccc(F)cc2)CC1)Nc1ccc(Oc2ccccc2)cc1. The van der Waals surface area contributed by atoms with Gasteiger partial charge in [-0.3, -0.25) is 9.69 Å². The molecule has 0 bridgehead atoms. The first kappa shape index (κ1) is 22.9. The minimum atomic E-state index is -3.68. The Morgan fingerprint density at radius 3 is 2.09 bits per heavy atom. The summed E-state index contributed by atoms with van der Waals surface area (Å²) in [5, 5.41) is 2.85. The number of carbonyl (C=O) groups excluding carboxylic acids is 1. The molecule has 0 saturated carbocycles. The lowest BCUT2D eigenvalue weighted by Gasteiger charge is -2.33. The Bertz CT molecular complexity index is 1180. The number of hydrogen-bond acceptors (Lipinski definition) is 5. The normalized spacial score (nSPS) is 15.2. The van der Waals surface area contributed by atoms with Crippen LogP contribution in [0.1, 0.15) is 0 Å². The lowest BCUT2D eigenvalue weighted by atomic mass is 10.3. The van der Waals surface area contributed by atoms with Gasteiger partial charge in [0.2, 0.25) is 15.9 Å².